The van der Waals surface area contributed by atoms with Crippen molar-refractivity contribution in [3.8, 4) is 11.3 Å². The number of imidazole rings is 1. The zero-order valence-electron chi connectivity index (χ0n) is 12.5. The highest BCUT2D eigenvalue weighted by Crippen LogP contribution is 2.21. The third kappa shape index (κ3) is 2.80. The summed E-state index contributed by atoms with van der Waals surface area (Å²) in [4.78, 5) is 20.7. The minimum Gasteiger partial charge on any atom is -0.368 e. The van der Waals surface area contributed by atoms with Crippen molar-refractivity contribution >= 4 is 17.4 Å². The van der Waals surface area contributed by atoms with E-state index in [1.165, 1.54) is 0 Å². The van der Waals surface area contributed by atoms with Crippen LogP contribution in [-0.2, 0) is 9.53 Å². The Balaban J connectivity index is 1.52. The molecule has 6 nitrogen and oxygen atoms in total. The fraction of sp³-hybridized carbons (Fsp3) is 0.235. The summed E-state index contributed by atoms with van der Waals surface area (Å²) in [6.07, 6.45) is 6.98. The molecule has 0 spiro atoms. The summed E-state index contributed by atoms with van der Waals surface area (Å²) >= 11 is 0. The van der Waals surface area contributed by atoms with Crippen molar-refractivity contribution in [3.63, 3.8) is 0 Å². The summed E-state index contributed by atoms with van der Waals surface area (Å²) in [6, 6.07) is 9.49. The van der Waals surface area contributed by atoms with Gasteiger partial charge in [0.15, 0.2) is 0 Å². The van der Waals surface area contributed by atoms with Crippen LogP contribution in [0.2, 0.25) is 0 Å². The lowest BCUT2D eigenvalue weighted by Gasteiger charge is -2.10. The molecule has 0 aliphatic carbocycles. The number of ether oxygens (including phenoxy) is 1. The molecule has 0 saturated carbocycles. The molecule has 1 aliphatic rings. The number of hydrogen-bond donors (Lipinski definition) is 1. The molecule has 1 N–H and O–H groups in total. The molecule has 1 amide bonds. The van der Waals surface area contributed by atoms with E-state index in [1.807, 2.05) is 47.1 Å². The molecule has 1 fully saturated rings. The van der Waals surface area contributed by atoms with Crippen molar-refractivity contribution in [2.24, 2.45) is 0 Å². The summed E-state index contributed by atoms with van der Waals surface area (Å²) in [5.41, 5.74) is 2.59. The first-order chi connectivity index (χ1) is 11.3. The van der Waals surface area contributed by atoms with E-state index in [4.69, 9.17) is 4.74 Å². The molecule has 3 heterocycles. The smallest absolute Gasteiger partial charge is 0.253 e. The van der Waals surface area contributed by atoms with Gasteiger partial charge in [-0.1, -0.05) is 12.1 Å². The largest absolute Gasteiger partial charge is 0.368 e. The van der Waals surface area contributed by atoms with E-state index in [0.717, 1.165) is 29.8 Å². The van der Waals surface area contributed by atoms with Crippen molar-refractivity contribution < 1.29 is 9.53 Å². The van der Waals surface area contributed by atoms with E-state index in [1.54, 1.807) is 6.20 Å². The number of anilines is 1. The van der Waals surface area contributed by atoms with E-state index >= 15 is 0 Å². The predicted molar refractivity (Wildman–Crippen MR) is 86.0 cm³/mol. The number of amides is 1. The number of nitrogens with zero attached hydrogens (tertiary/aromatic N) is 3. The summed E-state index contributed by atoms with van der Waals surface area (Å²) in [5, 5.41) is 2.89. The van der Waals surface area contributed by atoms with Gasteiger partial charge in [0.2, 0.25) is 5.78 Å². The van der Waals surface area contributed by atoms with Gasteiger partial charge in [-0.2, -0.15) is 0 Å². The summed E-state index contributed by atoms with van der Waals surface area (Å²) in [7, 11) is 0. The van der Waals surface area contributed by atoms with Crippen LogP contribution in [0.3, 0.4) is 0 Å². The Kier molecular flexibility index (Phi) is 3.51. The second-order valence-corrected chi connectivity index (χ2v) is 5.52. The van der Waals surface area contributed by atoms with Crippen LogP contribution in [0.5, 0.6) is 0 Å². The van der Waals surface area contributed by atoms with Gasteiger partial charge in [0.1, 0.15) is 6.10 Å². The second-order valence-electron chi connectivity index (χ2n) is 5.52. The molecule has 0 radical (unpaired) electrons. The fourth-order valence-electron chi connectivity index (χ4n) is 2.70. The van der Waals surface area contributed by atoms with Gasteiger partial charge in [0, 0.05) is 36.4 Å². The van der Waals surface area contributed by atoms with Crippen LogP contribution in [0.1, 0.15) is 12.8 Å². The van der Waals surface area contributed by atoms with Crippen LogP contribution in [0.25, 0.3) is 17.0 Å². The molecule has 1 aliphatic heterocycles. The third-order valence-electron chi connectivity index (χ3n) is 3.91. The van der Waals surface area contributed by atoms with E-state index in [0.29, 0.717) is 12.4 Å². The maximum atomic E-state index is 12.0. The molecule has 23 heavy (non-hydrogen) atoms. The van der Waals surface area contributed by atoms with Gasteiger partial charge in [0.25, 0.3) is 5.91 Å². The molecule has 1 aromatic carbocycles. The topological polar surface area (TPSA) is 68.5 Å². The number of aromatic nitrogens is 3. The first kappa shape index (κ1) is 13.9. The molecule has 3 aromatic rings. The van der Waals surface area contributed by atoms with E-state index in [2.05, 4.69) is 15.3 Å². The first-order valence-electron chi connectivity index (χ1n) is 7.62. The van der Waals surface area contributed by atoms with Crippen LogP contribution < -0.4 is 5.32 Å². The van der Waals surface area contributed by atoms with Gasteiger partial charge < -0.3 is 10.1 Å². The molecule has 1 atom stereocenters. The van der Waals surface area contributed by atoms with Crippen molar-refractivity contribution in [2.75, 3.05) is 11.9 Å². The standard InChI is InChI=1S/C17H16N4O2/c22-16(15-3-1-10-23-15)19-13-6-4-12(5-7-13)14-11-21-9-2-8-18-17(21)20-14/h2,4-9,11,15H,1,3,10H2,(H,19,22). The Hall–Kier alpha value is -2.73. The summed E-state index contributed by atoms with van der Waals surface area (Å²) in [5.74, 6) is 0.588. The number of carbonyl (C=O) groups is 1. The highest BCUT2D eigenvalue weighted by Gasteiger charge is 2.23. The maximum absolute atomic E-state index is 12.0. The predicted octanol–water partition coefficient (Wildman–Crippen LogP) is 2.51. The monoisotopic (exact) mass is 308 g/mol. The van der Waals surface area contributed by atoms with Crippen LogP contribution in [0.15, 0.2) is 48.9 Å². The first-order valence-corrected chi connectivity index (χ1v) is 7.62. The second kappa shape index (κ2) is 5.81. The zero-order chi connectivity index (χ0) is 15.6. The number of rotatable bonds is 3. The van der Waals surface area contributed by atoms with Gasteiger partial charge >= 0.3 is 0 Å². The third-order valence-corrected chi connectivity index (χ3v) is 3.91. The van der Waals surface area contributed by atoms with E-state index < -0.39 is 0 Å². The molecular formula is C17H16N4O2. The highest BCUT2D eigenvalue weighted by atomic mass is 16.5. The number of hydrogen-bond acceptors (Lipinski definition) is 4. The van der Waals surface area contributed by atoms with Crippen molar-refractivity contribution in [3.05, 3.63) is 48.9 Å². The van der Waals surface area contributed by atoms with Crippen molar-refractivity contribution in [2.45, 2.75) is 18.9 Å². The SMILES string of the molecule is O=C(Nc1ccc(-c2cn3cccnc3n2)cc1)C1CCCO1. The van der Waals surface area contributed by atoms with Gasteiger partial charge in [-0.15, -0.1) is 0 Å². The number of benzene rings is 1. The molecule has 1 saturated heterocycles. The molecule has 0 bridgehead atoms. The molecule has 6 heteroatoms. The number of nitrogens with one attached hydrogen (secondary N) is 1. The Morgan fingerprint density at radius 1 is 1.30 bits per heavy atom. The fourth-order valence-corrected chi connectivity index (χ4v) is 2.70. The Morgan fingerprint density at radius 2 is 2.17 bits per heavy atom. The van der Waals surface area contributed by atoms with Crippen LogP contribution >= 0.6 is 0 Å². The average Bonchev–Trinajstić information content (AvgIpc) is 3.25. The van der Waals surface area contributed by atoms with E-state index in [9.17, 15) is 4.79 Å². The average molecular weight is 308 g/mol. The zero-order valence-corrected chi connectivity index (χ0v) is 12.5. The lowest BCUT2D eigenvalue weighted by molar-refractivity contribution is -0.124. The molecule has 2 aromatic heterocycles. The molecule has 4 rings (SSSR count). The molecular weight excluding hydrogens is 292 g/mol. The summed E-state index contributed by atoms with van der Waals surface area (Å²) in [6.45, 7) is 0.666. The van der Waals surface area contributed by atoms with Gasteiger partial charge in [-0.05, 0) is 31.0 Å². The molecule has 116 valence electrons. The van der Waals surface area contributed by atoms with Crippen LogP contribution in [0.4, 0.5) is 5.69 Å². The van der Waals surface area contributed by atoms with Crippen molar-refractivity contribution in [1.29, 1.82) is 0 Å². The Labute approximate surface area is 133 Å². The quantitative estimate of drug-likeness (QED) is 0.807. The van der Waals surface area contributed by atoms with Gasteiger partial charge in [0.05, 0.1) is 5.69 Å². The Bertz CT molecular complexity index is 802. The summed E-state index contributed by atoms with van der Waals surface area (Å²) < 4.78 is 7.26. The van der Waals surface area contributed by atoms with Crippen molar-refractivity contribution in [1.82, 2.24) is 14.4 Å². The van der Waals surface area contributed by atoms with Crippen LogP contribution in [-0.4, -0.2) is 33.0 Å². The van der Waals surface area contributed by atoms with E-state index in [-0.39, 0.29) is 12.0 Å². The minimum absolute atomic E-state index is 0.0767. The minimum atomic E-state index is -0.320. The normalized spacial score (nSPS) is 17.5. The van der Waals surface area contributed by atoms with Gasteiger partial charge in [-0.25, -0.2) is 9.97 Å². The highest BCUT2D eigenvalue weighted by molar-refractivity contribution is 5.94. The lowest BCUT2D eigenvalue weighted by Crippen LogP contribution is -2.26. The van der Waals surface area contributed by atoms with Gasteiger partial charge in [-0.3, -0.25) is 9.20 Å². The Morgan fingerprint density at radius 3 is 2.91 bits per heavy atom. The number of fused-ring (bicyclic) bond motifs is 1. The lowest BCUT2D eigenvalue weighted by atomic mass is 10.1. The number of carbonyl (C=O) groups excluding carboxylic acids is 1. The van der Waals surface area contributed by atoms with Crippen LogP contribution in [0, 0.1) is 0 Å². The maximum Gasteiger partial charge on any atom is 0.253 e. The molecule has 1 unspecified atom stereocenters.